The zero-order valence-corrected chi connectivity index (χ0v) is 12.9. The third-order valence-electron chi connectivity index (χ3n) is 3.69. The number of benzene rings is 1. The Labute approximate surface area is 128 Å². The molecule has 2 aromatic heterocycles. The average Bonchev–Trinajstić information content (AvgIpc) is 2.94. The van der Waals surface area contributed by atoms with Gasteiger partial charge in [0, 0.05) is 18.1 Å². The van der Waals surface area contributed by atoms with Crippen LogP contribution in [-0.4, -0.2) is 28.1 Å². The van der Waals surface area contributed by atoms with E-state index in [1.165, 1.54) is 0 Å². The highest BCUT2D eigenvalue weighted by Crippen LogP contribution is 2.24. The van der Waals surface area contributed by atoms with Crippen LogP contribution in [0.25, 0.3) is 22.3 Å². The lowest BCUT2D eigenvalue weighted by Crippen LogP contribution is -2.19. The van der Waals surface area contributed by atoms with Crippen molar-refractivity contribution in [2.75, 3.05) is 7.05 Å². The number of nitrogens with zero attached hydrogens (tertiary/aromatic N) is 2. The number of pyridine rings is 1. The summed E-state index contributed by atoms with van der Waals surface area (Å²) in [6, 6.07) is 9.95. The molecule has 0 aliphatic heterocycles. The molecule has 0 fully saturated rings. The number of H-pyrrole nitrogens is 1. The van der Waals surface area contributed by atoms with Crippen LogP contribution in [0.1, 0.15) is 16.8 Å². The molecule has 3 rings (SSSR count). The molecular formula is C17H18N4O. The average molecular weight is 294 g/mol. The van der Waals surface area contributed by atoms with Crippen LogP contribution in [0.3, 0.4) is 0 Å². The maximum absolute atomic E-state index is 11.5. The topological polar surface area (TPSA) is 70.7 Å². The lowest BCUT2D eigenvalue weighted by molar-refractivity contribution is -0.119. The number of aryl methyl sites for hydroxylation is 2. The Morgan fingerprint density at radius 3 is 2.68 bits per heavy atom. The smallest absolute Gasteiger partial charge is 0.224 e. The zero-order chi connectivity index (χ0) is 15.7. The van der Waals surface area contributed by atoms with E-state index in [1.54, 1.807) is 7.05 Å². The molecule has 2 heterocycles. The van der Waals surface area contributed by atoms with E-state index >= 15 is 0 Å². The summed E-state index contributed by atoms with van der Waals surface area (Å²) < 4.78 is 0. The molecule has 0 aliphatic rings. The first-order chi connectivity index (χ1) is 10.6. The Bertz CT molecular complexity index is 851. The van der Waals surface area contributed by atoms with Gasteiger partial charge in [-0.1, -0.05) is 6.07 Å². The number of carbonyl (C=O) groups excluding carboxylic acids is 1. The second kappa shape index (κ2) is 5.60. The van der Waals surface area contributed by atoms with Gasteiger partial charge in [0.1, 0.15) is 5.69 Å². The molecule has 0 bridgehead atoms. The monoisotopic (exact) mass is 294 g/mol. The zero-order valence-electron chi connectivity index (χ0n) is 12.9. The van der Waals surface area contributed by atoms with E-state index in [4.69, 9.17) is 0 Å². The molecule has 112 valence electrons. The summed E-state index contributed by atoms with van der Waals surface area (Å²) in [4.78, 5) is 16.2. The number of aromatic amines is 1. The van der Waals surface area contributed by atoms with E-state index in [0.717, 1.165) is 39.1 Å². The van der Waals surface area contributed by atoms with E-state index < -0.39 is 0 Å². The number of aromatic nitrogens is 3. The molecule has 1 amide bonds. The van der Waals surface area contributed by atoms with Crippen LogP contribution in [0.4, 0.5) is 0 Å². The number of hydrogen-bond acceptors (Lipinski definition) is 3. The first kappa shape index (κ1) is 14.3. The lowest BCUT2D eigenvalue weighted by atomic mass is 10.0. The van der Waals surface area contributed by atoms with Crippen molar-refractivity contribution in [1.29, 1.82) is 0 Å². The standard InChI is InChI=1S/C17H18N4O/c1-10-6-15(16-7-11(2)20-21-16)19-14-5-4-12(8-13(10)14)9-17(22)18-3/h4-8H,9H2,1-3H3,(H,18,22)(H,20,21). The van der Waals surface area contributed by atoms with Crippen LogP contribution in [-0.2, 0) is 11.2 Å². The van der Waals surface area contributed by atoms with Crippen molar-refractivity contribution in [2.45, 2.75) is 20.3 Å². The van der Waals surface area contributed by atoms with Crippen molar-refractivity contribution in [3.05, 3.63) is 47.2 Å². The molecule has 0 radical (unpaired) electrons. The highest BCUT2D eigenvalue weighted by molar-refractivity contribution is 5.87. The number of carbonyl (C=O) groups is 1. The summed E-state index contributed by atoms with van der Waals surface area (Å²) >= 11 is 0. The predicted octanol–water partition coefficient (Wildman–Crippen LogP) is 2.53. The fraction of sp³-hybridized carbons (Fsp3) is 0.235. The number of nitrogens with one attached hydrogen (secondary N) is 2. The number of likely N-dealkylation sites (N-methyl/N-ethyl adjacent to an activating group) is 1. The van der Waals surface area contributed by atoms with E-state index in [2.05, 4.69) is 27.4 Å². The normalized spacial score (nSPS) is 10.9. The van der Waals surface area contributed by atoms with Gasteiger partial charge in [-0.25, -0.2) is 4.98 Å². The van der Waals surface area contributed by atoms with Crippen molar-refractivity contribution in [2.24, 2.45) is 0 Å². The third-order valence-corrected chi connectivity index (χ3v) is 3.69. The van der Waals surface area contributed by atoms with Gasteiger partial charge in [-0.2, -0.15) is 5.10 Å². The maximum atomic E-state index is 11.5. The molecular weight excluding hydrogens is 276 g/mol. The van der Waals surface area contributed by atoms with Gasteiger partial charge in [-0.3, -0.25) is 9.89 Å². The van der Waals surface area contributed by atoms with Crippen LogP contribution in [0, 0.1) is 13.8 Å². The van der Waals surface area contributed by atoms with Gasteiger partial charge in [0.15, 0.2) is 0 Å². The second-order valence-electron chi connectivity index (χ2n) is 5.46. The summed E-state index contributed by atoms with van der Waals surface area (Å²) in [6.45, 7) is 4.02. The minimum absolute atomic E-state index is 0.00794. The molecule has 0 spiro atoms. The first-order valence-electron chi connectivity index (χ1n) is 7.20. The van der Waals surface area contributed by atoms with Gasteiger partial charge < -0.3 is 5.32 Å². The highest BCUT2D eigenvalue weighted by Gasteiger charge is 2.09. The van der Waals surface area contributed by atoms with Crippen molar-refractivity contribution in [1.82, 2.24) is 20.5 Å². The Kier molecular flexibility index (Phi) is 3.63. The predicted molar refractivity (Wildman–Crippen MR) is 86.6 cm³/mol. The van der Waals surface area contributed by atoms with Crippen molar-refractivity contribution < 1.29 is 4.79 Å². The molecule has 1 aromatic carbocycles. The second-order valence-corrected chi connectivity index (χ2v) is 5.46. The van der Waals surface area contributed by atoms with Crippen LogP contribution in [0.5, 0.6) is 0 Å². The van der Waals surface area contributed by atoms with Crippen LogP contribution in [0.2, 0.25) is 0 Å². The molecule has 3 aromatic rings. The van der Waals surface area contributed by atoms with Gasteiger partial charge in [-0.15, -0.1) is 0 Å². The number of amides is 1. The van der Waals surface area contributed by atoms with Crippen molar-refractivity contribution in [3.63, 3.8) is 0 Å². The van der Waals surface area contributed by atoms with Crippen molar-refractivity contribution >= 4 is 16.8 Å². The van der Waals surface area contributed by atoms with Gasteiger partial charge in [0.05, 0.1) is 17.6 Å². The third kappa shape index (κ3) is 2.70. The maximum Gasteiger partial charge on any atom is 0.224 e. The molecule has 5 heteroatoms. The largest absolute Gasteiger partial charge is 0.359 e. The quantitative estimate of drug-likeness (QED) is 0.780. The summed E-state index contributed by atoms with van der Waals surface area (Å²) in [7, 11) is 1.65. The van der Waals surface area contributed by atoms with Crippen molar-refractivity contribution in [3.8, 4) is 11.4 Å². The number of fused-ring (bicyclic) bond motifs is 1. The Morgan fingerprint density at radius 2 is 2.00 bits per heavy atom. The highest BCUT2D eigenvalue weighted by atomic mass is 16.1. The Morgan fingerprint density at radius 1 is 1.18 bits per heavy atom. The van der Waals surface area contributed by atoms with E-state index in [1.807, 2.05) is 37.3 Å². The van der Waals surface area contributed by atoms with E-state index in [-0.39, 0.29) is 5.91 Å². The number of rotatable bonds is 3. The Balaban J connectivity index is 2.04. The van der Waals surface area contributed by atoms with Gasteiger partial charge in [-0.05, 0) is 49.2 Å². The first-order valence-corrected chi connectivity index (χ1v) is 7.20. The fourth-order valence-electron chi connectivity index (χ4n) is 2.51. The van der Waals surface area contributed by atoms with Gasteiger partial charge in [0.2, 0.25) is 5.91 Å². The minimum Gasteiger partial charge on any atom is -0.359 e. The Hall–Kier alpha value is -2.69. The molecule has 0 saturated carbocycles. The molecule has 5 nitrogen and oxygen atoms in total. The lowest BCUT2D eigenvalue weighted by Gasteiger charge is -2.07. The molecule has 0 unspecified atom stereocenters. The summed E-state index contributed by atoms with van der Waals surface area (Å²) in [5.74, 6) is 0.00794. The summed E-state index contributed by atoms with van der Waals surface area (Å²) in [5, 5.41) is 10.9. The fourth-order valence-corrected chi connectivity index (χ4v) is 2.51. The van der Waals surface area contributed by atoms with Crippen LogP contribution >= 0.6 is 0 Å². The minimum atomic E-state index is 0.00794. The van der Waals surface area contributed by atoms with Gasteiger partial charge >= 0.3 is 0 Å². The molecule has 0 saturated heterocycles. The van der Waals surface area contributed by atoms with E-state index in [0.29, 0.717) is 6.42 Å². The summed E-state index contributed by atoms with van der Waals surface area (Å²) in [6.07, 6.45) is 0.381. The van der Waals surface area contributed by atoms with Crippen LogP contribution < -0.4 is 5.32 Å². The van der Waals surface area contributed by atoms with Gasteiger partial charge in [0.25, 0.3) is 0 Å². The number of hydrogen-bond donors (Lipinski definition) is 2. The molecule has 2 N–H and O–H groups in total. The summed E-state index contributed by atoms with van der Waals surface area (Å²) in [5.41, 5.74) is 5.73. The SMILES string of the molecule is CNC(=O)Cc1ccc2nc(-c3cc(C)[nH]n3)cc(C)c2c1. The van der Waals surface area contributed by atoms with E-state index in [9.17, 15) is 4.79 Å². The molecule has 0 aliphatic carbocycles. The molecule has 22 heavy (non-hydrogen) atoms. The molecule has 0 atom stereocenters. The van der Waals surface area contributed by atoms with Crippen LogP contribution in [0.15, 0.2) is 30.3 Å².